The van der Waals surface area contributed by atoms with E-state index in [1.807, 2.05) is 44.2 Å². The molecule has 0 fully saturated rings. The van der Waals surface area contributed by atoms with E-state index in [-0.39, 0.29) is 11.9 Å². The summed E-state index contributed by atoms with van der Waals surface area (Å²) in [7, 11) is 0. The largest absolute Gasteiger partial charge is 0.449 e. The summed E-state index contributed by atoms with van der Waals surface area (Å²) in [6.07, 6.45) is 0.968. The highest BCUT2D eigenvalue weighted by molar-refractivity contribution is 5.80. The van der Waals surface area contributed by atoms with Gasteiger partial charge in [-0.05, 0) is 32.9 Å². The lowest BCUT2D eigenvalue weighted by Crippen LogP contribution is -2.40. The highest BCUT2D eigenvalue weighted by Gasteiger charge is 2.21. The minimum atomic E-state index is -0.600. The van der Waals surface area contributed by atoms with Crippen LogP contribution in [0.15, 0.2) is 36.7 Å². The molecule has 2 rings (SSSR count). The van der Waals surface area contributed by atoms with Crippen LogP contribution < -0.4 is 4.74 Å². The summed E-state index contributed by atoms with van der Waals surface area (Å²) >= 11 is 0. The normalized spacial score (nSPS) is 12.0. The zero-order valence-electron chi connectivity index (χ0n) is 12.6. The van der Waals surface area contributed by atoms with Crippen LogP contribution in [0.2, 0.25) is 0 Å². The Hall–Kier alpha value is -2.37. The van der Waals surface area contributed by atoms with Crippen LogP contribution in [-0.2, 0) is 4.79 Å². The molecule has 1 atom stereocenters. The second-order valence-corrected chi connectivity index (χ2v) is 4.58. The minimum absolute atomic E-state index is 0.0592. The highest BCUT2D eigenvalue weighted by Crippen LogP contribution is 2.10. The van der Waals surface area contributed by atoms with Crippen LogP contribution >= 0.6 is 0 Å². The molecule has 1 unspecified atom stereocenters. The number of carbonyl (C=O) groups excluding carboxylic acids is 1. The van der Waals surface area contributed by atoms with Crippen molar-refractivity contribution in [3.63, 3.8) is 0 Å². The topological polar surface area (TPSA) is 60.3 Å². The second-order valence-electron chi connectivity index (χ2n) is 4.58. The summed E-state index contributed by atoms with van der Waals surface area (Å²) in [6, 6.07) is 9.81. The molecule has 0 saturated heterocycles. The van der Waals surface area contributed by atoms with Crippen LogP contribution in [0.5, 0.6) is 6.01 Å². The fourth-order valence-corrected chi connectivity index (χ4v) is 2.01. The molecule has 1 amide bonds. The first-order valence-electron chi connectivity index (χ1n) is 7.08. The summed E-state index contributed by atoms with van der Waals surface area (Å²) in [6.45, 7) is 6.92. The number of aromatic nitrogens is 3. The quantitative estimate of drug-likeness (QED) is 0.814. The van der Waals surface area contributed by atoms with Crippen LogP contribution in [0.25, 0.3) is 5.69 Å². The van der Waals surface area contributed by atoms with Crippen molar-refractivity contribution in [1.82, 2.24) is 19.7 Å². The van der Waals surface area contributed by atoms with E-state index >= 15 is 0 Å². The minimum Gasteiger partial charge on any atom is -0.449 e. The molecule has 0 aliphatic heterocycles. The van der Waals surface area contributed by atoms with E-state index in [0.717, 1.165) is 5.69 Å². The maximum Gasteiger partial charge on any atom is 0.336 e. The molecule has 0 saturated carbocycles. The van der Waals surface area contributed by atoms with Gasteiger partial charge in [-0.15, -0.1) is 5.10 Å². The summed E-state index contributed by atoms with van der Waals surface area (Å²) in [5.41, 5.74) is 0.891. The third-order valence-corrected chi connectivity index (χ3v) is 3.20. The van der Waals surface area contributed by atoms with Crippen molar-refractivity contribution in [2.24, 2.45) is 0 Å². The van der Waals surface area contributed by atoms with E-state index in [4.69, 9.17) is 4.74 Å². The number of amides is 1. The van der Waals surface area contributed by atoms with Crippen LogP contribution in [0.3, 0.4) is 0 Å². The molecular formula is C15H20N4O2. The SMILES string of the molecule is CCN(CC)C(=O)C(C)Oc1ncn(-c2ccccc2)n1. The summed E-state index contributed by atoms with van der Waals surface area (Å²) in [5.74, 6) is -0.0592. The van der Waals surface area contributed by atoms with Gasteiger partial charge in [-0.1, -0.05) is 18.2 Å². The smallest absolute Gasteiger partial charge is 0.336 e. The van der Waals surface area contributed by atoms with Gasteiger partial charge in [0.05, 0.1) is 5.69 Å². The maximum atomic E-state index is 12.1. The van der Waals surface area contributed by atoms with E-state index < -0.39 is 6.10 Å². The predicted octanol–water partition coefficient (Wildman–Crippen LogP) is 1.90. The Labute approximate surface area is 124 Å². The van der Waals surface area contributed by atoms with Crippen molar-refractivity contribution in [3.05, 3.63) is 36.7 Å². The Bertz CT molecular complexity index is 578. The molecule has 0 aliphatic carbocycles. The number of likely N-dealkylation sites (N-methyl/N-ethyl adjacent to an activating group) is 1. The third kappa shape index (κ3) is 3.59. The molecular weight excluding hydrogens is 268 g/mol. The molecule has 2 aromatic rings. The van der Waals surface area contributed by atoms with Crippen LogP contribution in [0, 0.1) is 0 Å². The van der Waals surface area contributed by atoms with E-state index in [1.54, 1.807) is 22.8 Å². The van der Waals surface area contributed by atoms with Gasteiger partial charge in [0, 0.05) is 13.1 Å². The standard InChI is InChI=1S/C15H20N4O2/c1-4-18(5-2)14(20)12(3)21-15-16-11-19(17-15)13-9-7-6-8-10-13/h6-12H,4-5H2,1-3H3. The van der Waals surface area contributed by atoms with Crippen LogP contribution in [0.4, 0.5) is 0 Å². The zero-order valence-corrected chi connectivity index (χ0v) is 12.6. The van der Waals surface area contributed by atoms with Crippen molar-refractivity contribution >= 4 is 5.91 Å². The first kappa shape index (κ1) is 15.0. The lowest BCUT2D eigenvalue weighted by molar-refractivity contribution is -0.137. The number of para-hydroxylation sites is 1. The number of hydrogen-bond acceptors (Lipinski definition) is 4. The molecule has 0 bridgehead atoms. The lowest BCUT2D eigenvalue weighted by Gasteiger charge is -2.22. The maximum absolute atomic E-state index is 12.1. The zero-order chi connectivity index (χ0) is 15.2. The van der Waals surface area contributed by atoms with Crippen molar-refractivity contribution in [3.8, 4) is 11.7 Å². The Morgan fingerprint density at radius 1 is 1.29 bits per heavy atom. The number of carbonyl (C=O) groups is 1. The monoisotopic (exact) mass is 288 g/mol. The second kappa shape index (κ2) is 6.88. The molecule has 112 valence electrons. The summed E-state index contributed by atoms with van der Waals surface area (Å²) in [5, 5.41) is 4.23. The Morgan fingerprint density at radius 2 is 1.95 bits per heavy atom. The Morgan fingerprint density at radius 3 is 2.57 bits per heavy atom. The predicted molar refractivity (Wildman–Crippen MR) is 79.4 cm³/mol. The first-order chi connectivity index (χ1) is 10.2. The number of hydrogen-bond donors (Lipinski definition) is 0. The molecule has 1 aromatic carbocycles. The fraction of sp³-hybridized carbons (Fsp3) is 0.400. The molecule has 6 nitrogen and oxygen atoms in total. The molecule has 6 heteroatoms. The van der Waals surface area contributed by atoms with E-state index in [1.165, 1.54) is 0 Å². The van der Waals surface area contributed by atoms with Gasteiger partial charge in [0.1, 0.15) is 6.33 Å². The molecule has 0 N–H and O–H groups in total. The van der Waals surface area contributed by atoms with Gasteiger partial charge in [-0.2, -0.15) is 4.98 Å². The van der Waals surface area contributed by atoms with Crippen molar-refractivity contribution in [2.45, 2.75) is 26.9 Å². The Kier molecular flexibility index (Phi) is 4.92. The number of rotatable bonds is 6. The van der Waals surface area contributed by atoms with Gasteiger partial charge in [-0.3, -0.25) is 4.79 Å². The van der Waals surface area contributed by atoms with Gasteiger partial charge in [0.15, 0.2) is 6.10 Å². The average Bonchev–Trinajstić information content (AvgIpc) is 2.97. The molecule has 21 heavy (non-hydrogen) atoms. The summed E-state index contributed by atoms with van der Waals surface area (Å²) in [4.78, 5) is 17.9. The highest BCUT2D eigenvalue weighted by atomic mass is 16.5. The van der Waals surface area contributed by atoms with Gasteiger partial charge in [0.2, 0.25) is 0 Å². The summed E-state index contributed by atoms with van der Waals surface area (Å²) < 4.78 is 7.14. The Balaban J connectivity index is 2.04. The fourth-order valence-electron chi connectivity index (χ4n) is 2.01. The van der Waals surface area contributed by atoms with Crippen molar-refractivity contribution < 1.29 is 9.53 Å². The van der Waals surface area contributed by atoms with E-state index in [9.17, 15) is 4.79 Å². The molecule has 0 aliphatic rings. The van der Waals surface area contributed by atoms with E-state index in [0.29, 0.717) is 13.1 Å². The first-order valence-corrected chi connectivity index (χ1v) is 7.08. The average molecular weight is 288 g/mol. The van der Waals surface area contributed by atoms with Crippen molar-refractivity contribution in [2.75, 3.05) is 13.1 Å². The van der Waals surface area contributed by atoms with Gasteiger partial charge in [-0.25, -0.2) is 4.68 Å². The van der Waals surface area contributed by atoms with Crippen molar-refractivity contribution in [1.29, 1.82) is 0 Å². The molecule has 0 radical (unpaired) electrons. The van der Waals surface area contributed by atoms with Crippen LogP contribution in [0.1, 0.15) is 20.8 Å². The van der Waals surface area contributed by atoms with Gasteiger partial charge < -0.3 is 9.64 Å². The van der Waals surface area contributed by atoms with Crippen LogP contribution in [-0.4, -0.2) is 44.8 Å². The molecule has 0 spiro atoms. The van der Waals surface area contributed by atoms with Gasteiger partial charge in [0.25, 0.3) is 5.91 Å². The lowest BCUT2D eigenvalue weighted by atomic mass is 10.3. The molecule has 1 aromatic heterocycles. The van der Waals surface area contributed by atoms with E-state index in [2.05, 4.69) is 10.1 Å². The number of nitrogens with zero attached hydrogens (tertiary/aromatic N) is 4. The number of ether oxygens (including phenoxy) is 1. The molecule has 1 heterocycles. The third-order valence-electron chi connectivity index (χ3n) is 3.20. The van der Waals surface area contributed by atoms with Gasteiger partial charge >= 0.3 is 6.01 Å². The number of benzene rings is 1.